The molecule has 0 aromatic rings. The minimum atomic E-state index is 0.258. The molecule has 1 aliphatic carbocycles. The van der Waals surface area contributed by atoms with Crippen LogP contribution in [0.3, 0.4) is 0 Å². The summed E-state index contributed by atoms with van der Waals surface area (Å²) < 4.78 is 0. The lowest BCUT2D eigenvalue weighted by atomic mass is 10.0. The Morgan fingerprint density at radius 1 is 1.46 bits per heavy atom. The second-order valence-electron chi connectivity index (χ2n) is 3.96. The van der Waals surface area contributed by atoms with E-state index in [0.717, 1.165) is 25.4 Å². The first-order chi connectivity index (χ1) is 6.36. The quantitative estimate of drug-likeness (QED) is 0.705. The van der Waals surface area contributed by atoms with E-state index in [1.54, 1.807) is 0 Å². The van der Waals surface area contributed by atoms with Crippen molar-refractivity contribution in [1.29, 1.82) is 5.26 Å². The summed E-state index contributed by atoms with van der Waals surface area (Å²) in [6.45, 7) is 3.11. The first-order valence-electron chi connectivity index (χ1n) is 5.49. The molecule has 0 aliphatic heterocycles. The van der Waals surface area contributed by atoms with Crippen molar-refractivity contribution in [2.45, 2.75) is 51.5 Å². The van der Waals surface area contributed by atoms with Crippen LogP contribution in [0.2, 0.25) is 0 Å². The Morgan fingerprint density at radius 2 is 2.15 bits per heavy atom. The number of nitrogens with one attached hydrogen (secondary N) is 1. The zero-order valence-electron chi connectivity index (χ0n) is 8.55. The fourth-order valence-electron chi connectivity index (χ4n) is 1.95. The second kappa shape index (κ2) is 5.99. The van der Waals surface area contributed by atoms with Gasteiger partial charge in [-0.25, -0.2) is 0 Å². The van der Waals surface area contributed by atoms with Gasteiger partial charge in [0.05, 0.1) is 6.07 Å². The van der Waals surface area contributed by atoms with E-state index in [-0.39, 0.29) is 5.92 Å². The lowest BCUT2D eigenvalue weighted by Crippen LogP contribution is -2.27. The lowest BCUT2D eigenvalue weighted by molar-refractivity contribution is 0.476. The monoisotopic (exact) mass is 180 g/mol. The van der Waals surface area contributed by atoms with Gasteiger partial charge in [0, 0.05) is 12.0 Å². The van der Waals surface area contributed by atoms with Crippen LogP contribution < -0.4 is 5.32 Å². The van der Waals surface area contributed by atoms with Gasteiger partial charge >= 0.3 is 0 Å². The molecule has 1 N–H and O–H groups in total. The van der Waals surface area contributed by atoms with Crippen LogP contribution in [0.5, 0.6) is 0 Å². The van der Waals surface area contributed by atoms with E-state index in [0.29, 0.717) is 0 Å². The standard InChI is InChI=1S/C11H20N2/c1-2-10(9-12)7-8-13-11-5-3-4-6-11/h10-11,13H,2-8H2,1H3. The molecule has 13 heavy (non-hydrogen) atoms. The molecule has 1 rings (SSSR count). The lowest BCUT2D eigenvalue weighted by Gasteiger charge is -2.12. The van der Waals surface area contributed by atoms with Crippen LogP contribution in [-0.2, 0) is 0 Å². The number of nitrogens with zero attached hydrogens (tertiary/aromatic N) is 1. The summed E-state index contributed by atoms with van der Waals surface area (Å²) >= 11 is 0. The normalized spacial score (nSPS) is 20.0. The average Bonchev–Trinajstić information content (AvgIpc) is 2.65. The summed E-state index contributed by atoms with van der Waals surface area (Å²) in [4.78, 5) is 0. The first kappa shape index (κ1) is 10.5. The van der Waals surface area contributed by atoms with Gasteiger partial charge in [0.1, 0.15) is 0 Å². The van der Waals surface area contributed by atoms with Crippen LogP contribution in [0.4, 0.5) is 0 Å². The van der Waals surface area contributed by atoms with Crippen molar-refractivity contribution in [3.05, 3.63) is 0 Å². The van der Waals surface area contributed by atoms with E-state index in [1.807, 2.05) is 0 Å². The summed E-state index contributed by atoms with van der Waals surface area (Å²) in [6.07, 6.45) is 7.44. The molecule has 2 nitrogen and oxygen atoms in total. The molecule has 0 spiro atoms. The Balaban J connectivity index is 2.02. The summed E-state index contributed by atoms with van der Waals surface area (Å²) in [6, 6.07) is 3.08. The SMILES string of the molecule is CCC(C#N)CCNC1CCCC1. The molecule has 0 saturated heterocycles. The molecular formula is C11H20N2. The smallest absolute Gasteiger partial charge is 0.0656 e. The second-order valence-corrected chi connectivity index (χ2v) is 3.96. The predicted octanol–water partition coefficient (Wildman–Crippen LogP) is 2.46. The maximum atomic E-state index is 8.74. The Morgan fingerprint density at radius 3 is 2.69 bits per heavy atom. The Labute approximate surface area is 81.3 Å². The van der Waals surface area contributed by atoms with E-state index in [9.17, 15) is 0 Å². The highest BCUT2D eigenvalue weighted by Crippen LogP contribution is 2.17. The van der Waals surface area contributed by atoms with Crippen molar-refractivity contribution in [2.24, 2.45) is 5.92 Å². The van der Waals surface area contributed by atoms with Gasteiger partial charge in [0.15, 0.2) is 0 Å². The van der Waals surface area contributed by atoms with E-state index >= 15 is 0 Å². The number of hydrogen-bond acceptors (Lipinski definition) is 2. The first-order valence-corrected chi connectivity index (χ1v) is 5.49. The highest BCUT2D eigenvalue weighted by molar-refractivity contribution is 4.82. The van der Waals surface area contributed by atoms with Gasteiger partial charge in [-0.1, -0.05) is 19.8 Å². The molecule has 0 heterocycles. The van der Waals surface area contributed by atoms with Gasteiger partial charge in [-0.05, 0) is 32.2 Å². The van der Waals surface area contributed by atoms with Gasteiger partial charge in [-0.3, -0.25) is 0 Å². The summed E-state index contributed by atoms with van der Waals surface area (Å²) in [5.41, 5.74) is 0. The molecule has 1 saturated carbocycles. The topological polar surface area (TPSA) is 35.8 Å². The van der Waals surface area contributed by atoms with Gasteiger partial charge < -0.3 is 5.32 Å². The summed E-state index contributed by atoms with van der Waals surface area (Å²) in [5, 5.41) is 12.3. The third-order valence-electron chi connectivity index (χ3n) is 2.96. The summed E-state index contributed by atoms with van der Waals surface area (Å²) in [5.74, 6) is 0.258. The van der Waals surface area contributed by atoms with Crippen molar-refractivity contribution in [2.75, 3.05) is 6.54 Å². The molecular weight excluding hydrogens is 160 g/mol. The van der Waals surface area contributed by atoms with E-state index < -0.39 is 0 Å². The number of nitriles is 1. The van der Waals surface area contributed by atoms with Gasteiger partial charge in [0.2, 0.25) is 0 Å². The van der Waals surface area contributed by atoms with E-state index in [2.05, 4.69) is 18.3 Å². The fourth-order valence-corrected chi connectivity index (χ4v) is 1.95. The molecule has 1 atom stereocenters. The van der Waals surface area contributed by atoms with Crippen molar-refractivity contribution in [3.63, 3.8) is 0 Å². The van der Waals surface area contributed by atoms with Gasteiger partial charge in [0.25, 0.3) is 0 Å². The maximum Gasteiger partial charge on any atom is 0.0656 e. The van der Waals surface area contributed by atoms with Crippen molar-refractivity contribution < 1.29 is 0 Å². The van der Waals surface area contributed by atoms with Crippen LogP contribution in [0.15, 0.2) is 0 Å². The zero-order chi connectivity index (χ0) is 9.52. The van der Waals surface area contributed by atoms with Crippen molar-refractivity contribution in [3.8, 4) is 6.07 Å². The third-order valence-corrected chi connectivity index (χ3v) is 2.96. The zero-order valence-corrected chi connectivity index (χ0v) is 8.55. The number of hydrogen-bond donors (Lipinski definition) is 1. The molecule has 1 unspecified atom stereocenters. The molecule has 74 valence electrons. The summed E-state index contributed by atoms with van der Waals surface area (Å²) in [7, 11) is 0. The fraction of sp³-hybridized carbons (Fsp3) is 0.909. The van der Waals surface area contributed by atoms with Crippen LogP contribution in [0.25, 0.3) is 0 Å². The highest BCUT2D eigenvalue weighted by Gasteiger charge is 2.14. The number of rotatable bonds is 5. The third kappa shape index (κ3) is 3.78. The minimum Gasteiger partial charge on any atom is -0.314 e. The molecule has 1 aliphatic rings. The Hall–Kier alpha value is -0.550. The molecule has 0 aromatic carbocycles. The van der Waals surface area contributed by atoms with Crippen LogP contribution >= 0.6 is 0 Å². The highest BCUT2D eigenvalue weighted by atomic mass is 14.9. The van der Waals surface area contributed by atoms with E-state index in [4.69, 9.17) is 5.26 Å². The van der Waals surface area contributed by atoms with Crippen molar-refractivity contribution in [1.82, 2.24) is 5.32 Å². The molecule has 1 fully saturated rings. The molecule has 2 heteroatoms. The molecule has 0 radical (unpaired) electrons. The van der Waals surface area contributed by atoms with Gasteiger partial charge in [-0.15, -0.1) is 0 Å². The minimum absolute atomic E-state index is 0.258. The van der Waals surface area contributed by atoms with Gasteiger partial charge in [-0.2, -0.15) is 5.26 Å². The van der Waals surface area contributed by atoms with Crippen molar-refractivity contribution >= 4 is 0 Å². The molecule has 0 bridgehead atoms. The average molecular weight is 180 g/mol. The predicted molar refractivity (Wildman–Crippen MR) is 54.3 cm³/mol. The molecule has 0 amide bonds. The Kier molecular flexibility index (Phi) is 4.85. The van der Waals surface area contributed by atoms with Crippen LogP contribution in [0.1, 0.15) is 45.4 Å². The van der Waals surface area contributed by atoms with Crippen LogP contribution in [0, 0.1) is 17.2 Å². The Bertz CT molecular complexity index is 165. The molecule has 0 aromatic heterocycles. The van der Waals surface area contributed by atoms with E-state index in [1.165, 1.54) is 25.7 Å². The van der Waals surface area contributed by atoms with Crippen LogP contribution in [-0.4, -0.2) is 12.6 Å². The largest absolute Gasteiger partial charge is 0.314 e. The maximum absolute atomic E-state index is 8.74.